The van der Waals surface area contributed by atoms with Gasteiger partial charge in [-0.25, -0.2) is 4.39 Å². The molecule has 4 aromatic carbocycles. The summed E-state index contributed by atoms with van der Waals surface area (Å²) < 4.78 is 21.2. The van der Waals surface area contributed by atoms with Crippen molar-refractivity contribution in [2.24, 2.45) is 0 Å². The van der Waals surface area contributed by atoms with Crippen LogP contribution in [0.25, 0.3) is 16.5 Å². The van der Waals surface area contributed by atoms with Crippen molar-refractivity contribution in [1.82, 2.24) is 25.5 Å². The minimum absolute atomic E-state index is 0.246. The molecular weight excluding hydrogens is 473 g/mol. The van der Waals surface area contributed by atoms with E-state index in [4.69, 9.17) is 4.74 Å². The average molecular weight is 500 g/mol. The second-order valence-electron chi connectivity index (χ2n) is 8.27. The molecule has 0 fully saturated rings. The van der Waals surface area contributed by atoms with Gasteiger partial charge in [0.2, 0.25) is 5.16 Å². The van der Waals surface area contributed by atoms with E-state index in [1.54, 1.807) is 28.6 Å². The van der Waals surface area contributed by atoms with Crippen molar-refractivity contribution in [2.45, 2.75) is 24.7 Å². The van der Waals surface area contributed by atoms with E-state index in [2.05, 4.69) is 39.0 Å². The molecule has 6 nitrogen and oxygen atoms in total. The van der Waals surface area contributed by atoms with E-state index in [1.165, 1.54) is 17.5 Å². The van der Waals surface area contributed by atoms with Gasteiger partial charge in [0.05, 0.1) is 5.69 Å². The topological polar surface area (TPSA) is 64.9 Å². The van der Waals surface area contributed by atoms with Crippen LogP contribution in [0.2, 0.25) is 0 Å². The van der Waals surface area contributed by atoms with Gasteiger partial charge in [-0.15, -0.1) is 5.10 Å². The SMILES string of the molecule is Fc1ccc(COc2ccc3ccccc3c2CNCCCSc2nnnn2-c2ccccc2)cc1. The summed E-state index contributed by atoms with van der Waals surface area (Å²) >= 11 is 1.64. The van der Waals surface area contributed by atoms with Crippen LogP contribution in [0, 0.1) is 5.82 Å². The number of rotatable bonds is 11. The lowest BCUT2D eigenvalue weighted by molar-refractivity contribution is 0.302. The molecule has 0 spiro atoms. The molecule has 5 rings (SSSR count). The zero-order chi connectivity index (χ0) is 24.6. The highest BCUT2D eigenvalue weighted by atomic mass is 32.2. The third-order valence-electron chi connectivity index (χ3n) is 5.78. The number of tetrazole rings is 1. The minimum atomic E-state index is -0.246. The van der Waals surface area contributed by atoms with Crippen LogP contribution >= 0.6 is 11.8 Å². The van der Waals surface area contributed by atoms with Gasteiger partial charge < -0.3 is 10.1 Å². The van der Waals surface area contributed by atoms with Crippen LogP contribution in [0.5, 0.6) is 5.75 Å². The van der Waals surface area contributed by atoms with Crippen LogP contribution < -0.4 is 10.1 Å². The third kappa shape index (κ3) is 5.90. The summed E-state index contributed by atoms with van der Waals surface area (Å²) in [4.78, 5) is 0. The Labute approximate surface area is 213 Å². The molecular formula is C28H26FN5OS. The Kier molecular flexibility index (Phi) is 7.85. The van der Waals surface area contributed by atoms with Crippen molar-refractivity contribution in [1.29, 1.82) is 0 Å². The predicted octanol–water partition coefficient (Wildman–Crippen LogP) is 5.81. The summed E-state index contributed by atoms with van der Waals surface area (Å²) in [5, 5.41) is 18.8. The molecule has 0 aliphatic heterocycles. The first kappa shape index (κ1) is 24.0. The normalized spacial score (nSPS) is 11.1. The molecule has 0 aliphatic rings. The Morgan fingerprint density at radius 3 is 2.56 bits per heavy atom. The number of thioether (sulfide) groups is 1. The molecule has 0 unspecified atom stereocenters. The zero-order valence-electron chi connectivity index (χ0n) is 19.7. The summed E-state index contributed by atoms with van der Waals surface area (Å²) in [7, 11) is 0. The average Bonchev–Trinajstić information content (AvgIpc) is 3.40. The highest BCUT2D eigenvalue weighted by Gasteiger charge is 2.11. The number of benzene rings is 4. The molecule has 0 atom stereocenters. The van der Waals surface area contributed by atoms with E-state index in [9.17, 15) is 4.39 Å². The predicted molar refractivity (Wildman–Crippen MR) is 141 cm³/mol. The highest BCUT2D eigenvalue weighted by Crippen LogP contribution is 2.29. The molecule has 0 aliphatic carbocycles. The number of hydrogen-bond donors (Lipinski definition) is 1. The molecule has 0 saturated heterocycles. The molecule has 1 aromatic heterocycles. The Hall–Kier alpha value is -3.75. The molecule has 182 valence electrons. The van der Waals surface area contributed by atoms with Crippen molar-refractivity contribution in [3.8, 4) is 11.4 Å². The second kappa shape index (κ2) is 11.8. The Morgan fingerprint density at radius 2 is 1.69 bits per heavy atom. The van der Waals surface area contributed by atoms with Gasteiger partial charge in [-0.2, -0.15) is 4.68 Å². The fourth-order valence-corrected chi connectivity index (χ4v) is 4.78. The fraction of sp³-hybridized carbons (Fsp3) is 0.179. The quantitative estimate of drug-likeness (QED) is 0.183. The summed E-state index contributed by atoms with van der Waals surface area (Å²) in [6.07, 6.45) is 0.961. The molecule has 5 aromatic rings. The maximum atomic E-state index is 13.2. The molecule has 0 radical (unpaired) electrons. The lowest BCUT2D eigenvalue weighted by atomic mass is 10.0. The fourth-order valence-electron chi connectivity index (χ4n) is 3.95. The van der Waals surface area contributed by atoms with Gasteiger partial charge in [-0.3, -0.25) is 0 Å². The monoisotopic (exact) mass is 499 g/mol. The van der Waals surface area contributed by atoms with E-state index in [1.807, 2.05) is 48.5 Å². The lowest BCUT2D eigenvalue weighted by Gasteiger charge is -2.15. The van der Waals surface area contributed by atoms with Crippen molar-refractivity contribution in [3.05, 3.63) is 108 Å². The standard InChI is InChI=1S/C28H26FN5OS/c29-23-14-11-21(12-15-23)20-35-27-16-13-22-7-4-5-10-25(22)26(27)19-30-17-6-18-36-28-31-32-33-34(28)24-8-2-1-3-9-24/h1-5,7-16,30H,6,17-20H2. The van der Waals surface area contributed by atoms with Crippen LogP contribution in [-0.2, 0) is 13.2 Å². The van der Waals surface area contributed by atoms with Crippen molar-refractivity contribution >= 4 is 22.5 Å². The molecule has 36 heavy (non-hydrogen) atoms. The van der Waals surface area contributed by atoms with Gasteiger partial charge in [0.1, 0.15) is 18.2 Å². The first-order chi connectivity index (χ1) is 17.8. The molecule has 8 heteroatoms. The molecule has 1 N–H and O–H groups in total. The van der Waals surface area contributed by atoms with Gasteiger partial charge in [-0.05, 0) is 70.1 Å². The van der Waals surface area contributed by atoms with E-state index in [-0.39, 0.29) is 5.82 Å². The number of nitrogens with one attached hydrogen (secondary N) is 1. The number of fused-ring (bicyclic) bond motifs is 1. The number of para-hydroxylation sites is 1. The molecule has 1 heterocycles. The number of aromatic nitrogens is 4. The second-order valence-corrected chi connectivity index (χ2v) is 9.33. The molecule has 0 bridgehead atoms. The first-order valence-electron chi connectivity index (χ1n) is 11.8. The van der Waals surface area contributed by atoms with Gasteiger partial charge in [-0.1, -0.05) is 72.4 Å². The maximum absolute atomic E-state index is 13.2. The lowest BCUT2D eigenvalue weighted by Crippen LogP contribution is -2.16. The van der Waals surface area contributed by atoms with Crippen LogP contribution in [0.3, 0.4) is 0 Å². The first-order valence-corrected chi connectivity index (χ1v) is 12.8. The van der Waals surface area contributed by atoms with Gasteiger partial charge in [0, 0.05) is 17.9 Å². The van der Waals surface area contributed by atoms with E-state index < -0.39 is 0 Å². The van der Waals surface area contributed by atoms with Crippen LogP contribution in [0.4, 0.5) is 4.39 Å². The Bertz CT molecular complexity index is 1410. The van der Waals surface area contributed by atoms with Crippen LogP contribution in [0.15, 0.2) is 96.2 Å². The Balaban J connectivity index is 1.18. The molecule has 0 saturated carbocycles. The summed E-state index contributed by atoms with van der Waals surface area (Å²) in [6, 6.07) is 28.7. The van der Waals surface area contributed by atoms with E-state index in [0.717, 1.165) is 51.8 Å². The van der Waals surface area contributed by atoms with Crippen LogP contribution in [-0.4, -0.2) is 32.5 Å². The van der Waals surface area contributed by atoms with Gasteiger partial charge in [0.25, 0.3) is 0 Å². The number of ether oxygens (including phenoxy) is 1. The zero-order valence-corrected chi connectivity index (χ0v) is 20.5. The van der Waals surface area contributed by atoms with Crippen molar-refractivity contribution < 1.29 is 9.13 Å². The third-order valence-corrected chi connectivity index (χ3v) is 6.78. The molecule has 0 amide bonds. The van der Waals surface area contributed by atoms with Gasteiger partial charge >= 0.3 is 0 Å². The van der Waals surface area contributed by atoms with Gasteiger partial charge in [0.15, 0.2) is 0 Å². The summed E-state index contributed by atoms with van der Waals surface area (Å²) in [6.45, 7) is 1.92. The van der Waals surface area contributed by atoms with Crippen molar-refractivity contribution in [3.63, 3.8) is 0 Å². The summed E-state index contributed by atoms with van der Waals surface area (Å²) in [5.74, 6) is 1.48. The summed E-state index contributed by atoms with van der Waals surface area (Å²) in [5.41, 5.74) is 3.00. The largest absolute Gasteiger partial charge is 0.489 e. The number of halogens is 1. The van der Waals surface area contributed by atoms with Crippen LogP contribution in [0.1, 0.15) is 17.5 Å². The highest BCUT2D eigenvalue weighted by molar-refractivity contribution is 7.99. The Morgan fingerprint density at radius 1 is 0.889 bits per heavy atom. The smallest absolute Gasteiger partial charge is 0.214 e. The van der Waals surface area contributed by atoms with Crippen molar-refractivity contribution in [2.75, 3.05) is 12.3 Å². The minimum Gasteiger partial charge on any atom is -0.489 e. The van der Waals surface area contributed by atoms with E-state index in [0.29, 0.717) is 13.2 Å². The number of nitrogens with zero attached hydrogens (tertiary/aromatic N) is 4. The number of hydrogen-bond acceptors (Lipinski definition) is 6. The van der Waals surface area contributed by atoms with E-state index >= 15 is 0 Å². The maximum Gasteiger partial charge on any atom is 0.214 e.